The van der Waals surface area contributed by atoms with Gasteiger partial charge in [-0.25, -0.2) is 4.79 Å². The number of aryl methyl sites for hydroxylation is 1. The molecular formula is C9H10O2SZn. The Morgan fingerprint density at radius 1 is 1.38 bits per heavy atom. The molecule has 0 atom stereocenters. The molecule has 0 spiro atoms. The third-order valence-corrected chi connectivity index (χ3v) is 2.51. The van der Waals surface area contributed by atoms with Crippen LogP contribution in [0.4, 0.5) is 0 Å². The van der Waals surface area contributed by atoms with Crippen molar-refractivity contribution in [2.45, 2.75) is 18.7 Å². The number of benzene rings is 1. The van der Waals surface area contributed by atoms with Crippen molar-refractivity contribution in [3.8, 4) is 0 Å². The third kappa shape index (κ3) is 2.55. The second-order valence-corrected chi connectivity index (χ2v) is 3.16. The fourth-order valence-electron chi connectivity index (χ4n) is 0.974. The van der Waals surface area contributed by atoms with Crippen molar-refractivity contribution in [2.24, 2.45) is 0 Å². The van der Waals surface area contributed by atoms with Crippen molar-refractivity contribution in [3.63, 3.8) is 0 Å². The Morgan fingerprint density at radius 3 is 2.38 bits per heavy atom. The number of aromatic carboxylic acids is 1. The van der Waals surface area contributed by atoms with Gasteiger partial charge in [0.25, 0.3) is 0 Å². The Hall–Kier alpha value is -0.337. The van der Waals surface area contributed by atoms with E-state index in [2.05, 4.69) is 12.6 Å². The number of carboxylic acid groups (broad SMARTS) is 1. The summed E-state index contributed by atoms with van der Waals surface area (Å²) in [5.41, 5.74) is 2.25. The van der Waals surface area contributed by atoms with Crippen LogP contribution < -0.4 is 0 Å². The molecule has 66 valence electrons. The Kier molecular flexibility index (Phi) is 4.65. The molecule has 0 heterocycles. The van der Waals surface area contributed by atoms with Gasteiger partial charge in [-0.1, -0.05) is 6.07 Å². The molecule has 0 bridgehead atoms. The molecule has 0 aliphatic heterocycles. The Labute approximate surface area is 95.5 Å². The van der Waals surface area contributed by atoms with E-state index in [4.69, 9.17) is 5.11 Å². The van der Waals surface area contributed by atoms with Crippen molar-refractivity contribution in [3.05, 3.63) is 28.8 Å². The maximum absolute atomic E-state index is 10.6. The monoisotopic (exact) mass is 246 g/mol. The zero-order chi connectivity index (χ0) is 9.30. The van der Waals surface area contributed by atoms with E-state index in [1.54, 1.807) is 12.1 Å². The molecule has 1 aromatic rings. The van der Waals surface area contributed by atoms with Crippen LogP contribution in [0.15, 0.2) is 17.0 Å². The first-order valence-electron chi connectivity index (χ1n) is 3.56. The molecule has 0 fully saturated rings. The SMILES string of the molecule is Cc1ccc(C(=O)O)c(S)c1C.[Zn]. The van der Waals surface area contributed by atoms with Crippen LogP contribution in [0.5, 0.6) is 0 Å². The number of carboxylic acids is 1. The van der Waals surface area contributed by atoms with E-state index in [0.29, 0.717) is 4.90 Å². The van der Waals surface area contributed by atoms with Crippen molar-refractivity contribution >= 4 is 18.6 Å². The predicted octanol–water partition coefficient (Wildman–Crippen LogP) is 2.29. The summed E-state index contributed by atoms with van der Waals surface area (Å²) in [7, 11) is 0. The van der Waals surface area contributed by atoms with E-state index in [-0.39, 0.29) is 25.0 Å². The van der Waals surface area contributed by atoms with Gasteiger partial charge in [0.1, 0.15) is 0 Å². The number of rotatable bonds is 1. The van der Waals surface area contributed by atoms with E-state index in [9.17, 15) is 4.79 Å². The Balaban J connectivity index is 0.00000144. The van der Waals surface area contributed by atoms with Crippen LogP contribution >= 0.6 is 12.6 Å². The second kappa shape index (κ2) is 4.78. The average molecular weight is 248 g/mol. The molecular weight excluding hydrogens is 238 g/mol. The minimum atomic E-state index is -0.928. The summed E-state index contributed by atoms with van der Waals surface area (Å²) in [4.78, 5) is 11.2. The fourth-order valence-corrected chi connectivity index (χ4v) is 1.32. The summed E-state index contributed by atoms with van der Waals surface area (Å²) >= 11 is 4.14. The summed E-state index contributed by atoms with van der Waals surface area (Å²) in [6.45, 7) is 3.80. The molecule has 0 aliphatic carbocycles. The standard InChI is InChI=1S/C9H10O2S.Zn/c1-5-3-4-7(9(10)11)8(12)6(5)2;/h3-4,12H,1-2H3,(H,10,11);. The van der Waals surface area contributed by atoms with Gasteiger partial charge < -0.3 is 5.11 Å². The van der Waals surface area contributed by atoms with Crippen molar-refractivity contribution in [1.29, 1.82) is 0 Å². The minimum Gasteiger partial charge on any atom is -0.478 e. The van der Waals surface area contributed by atoms with Crippen molar-refractivity contribution in [2.75, 3.05) is 0 Å². The summed E-state index contributed by atoms with van der Waals surface area (Å²) in [6, 6.07) is 3.37. The molecule has 0 amide bonds. The molecule has 0 unspecified atom stereocenters. The van der Waals surface area contributed by atoms with E-state index in [0.717, 1.165) is 11.1 Å². The molecule has 4 heteroatoms. The van der Waals surface area contributed by atoms with Gasteiger partial charge in [-0.05, 0) is 31.0 Å². The number of carbonyl (C=O) groups is 1. The van der Waals surface area contributed by atoms with Gasteiger partial charge in [0, 0.05) is 24.4 Å². The van der Waals surface area contributed by atoms with Crippen LogP contribution in [0.1, 0.15) is 21.5 Å². The van der Waals surface area contributed by atoms with Crippen LogP contribution in [0.25, 0.3) is 0 Å². The third-order valence-electron chi connectivity index (χ3n) is 1.93. The van der Waals surface area contributed by atoms with E-state index in [1.165, 1.54) is 0 Å². The van der Waals surface area contributed by atoms with Crippen molar-refractivity contribution < 1.29 is 29.4 Å². The number of thiol groups is 1. The molecule has 1 N–H and O–H groups in total. The predicted molar refractivity (Wildman–Crippen MR) is 50.1 cm³/mol. The van der Waals surface area contributed by atoms with Gasteiger partial charge in [-0.2, -0.15) is 0 Å². The molecule has 0 aliphatic rings. The summed E-state index contributed by atoms with van der Waals surface area (Å²) in [6.07, 6.45) is 0. The fraction of sp³-hybridized carbons (Fsp3) is 0.222. The van der Waals surface area contributed by atoms with Gasteiger partial charge in [0.2, 0.25) is 0 Å². The van der Waals surface area contributed by atoms with Gasteiger partial charge >= 0.3 is 5.97 Å². The van der Waals surface area contributed by atoms with E-state index in [1.807, 2.05) is 13.8 Å². The molecule has 0 saturated carbocycles. The average Bonchev–Trinajstić information content (AvgIpc) is 2.00. The molecule has 1 rings (SSSR count). The van der Waals surface area contributed by atoms with Crippen LogP contribution in [0.2, 0.25) is 0 Å². The van der Waals surface area contributed by atoms with Crippen LogP contribution in [-0.2, 0) is 19.5 Å². The summed E-state index contributed by atoms with van der Waals surface area (Å²) in [5, 5.41) is 8.73. The second-order valence-electron chi connectivity index (χ2n) is 2.71. The molecule has 2 nitrogen and oxygen atoms in total. The van der Waals surface area contributed by atoms with Crippen LogP contribution in [0.3, 0.4) is 0 Å². The first-order chi connectivity index (χ1) is 5.54. The molecule has 0 saturated heterocycles. The first-order valence-corrected chi connectivity index (χ1v) is 4.01. The first kappa shape index (κ1) is 12.7. The topological polar surface area (TPSA) is 37.3 Å². The maximum Gasteiger partial charge on any atom is 0.336 e. The maximum atomic E-state index is 10.6. The number of hydrogen-bond donors (Lipinski definition) is 2. The van der Waals surface area contributed by atoms with E-state index < -0.39 is 5.97 Å². The van der Waals surface area contributed by atoms with Gasteiger partial charge in [-0.15, -0.1) is 12.6 Å². The zero-order valence-electron chi connectivity index (χ0n) is 7.66. The molecule has 1 aromatic carbocycles. The minimum absolute atomic E-state index is 0. The van der Waals surface area contributed by atoms with Crippen molar-refractivity contribution in [1.82, 2.24) is 0 Å². The largest absolute Gasteiger partial charge is 0.478 e. The molecule has 0 aromatic heterocycles. The molecule has 13 heavy (non-hydrogen) atoms. The Bertz CT molecular complexity index is 337. The van der Waals surface area contributed by atoms with E-state index >= 15 is 0 Å². The summed E-state index contributed by atoms with van der Waals surface area (Å²) < 4.78 is 0. The van der Waals surface area contributed by atoms with Gasteiger partial charge in [-0.3, -0.25) is 0 Å². The number of hydrogen-bond acceptors (Lipinski definition) is 2. The van der Waals surface area contributed by atoms with Crippen LogP contribution in [-0.4, -0.2) is 11.1 Å². The summed E-state index contributed by atoms with van der Waals surface area (Å²) in [5.74, 6) is -0.928. The van der Waals surface area contributed by atoms with Gasteiger partial charge in [0.05, 0.1) is 5.56 Å². The quantitative estimate of drug-likeness (QED) is 0.590. The van der Waals surface area contributed by atoms with Gasteiger partial charge in [0.15, 0.2) is 0 Å². The normalized spacial score (nSPS) is 9.15. The Morgan fingerprint density at radius 2 is 1.92 bits per heavy atom. The van der Waals surface area contributed by atoms with Crippen LogP contribution in [0, 0.1) is 13.8 Å². The zero-order valence-corrected chi connectivity index (χ0v) is 11.5. The smallest absolute Gasteiger partial charge is 0.336 e. The molecule has 0 radical (unpaired) electrons.